The first-order chi connectivity index (χ1) is 13.8. The Kier molecular flexibility index (Phi) is 6.80. The predicted octanol–water partition coefficient (Wildman–Crippen LogP) is 4.71. The van der Waals surface area contributed by atoms with Gasteiger partial charge in [0.2, 0.25) is 0 Å². The minimum absolute atomic E-state index is 0.00245. The minimum Gasteiger partial charge on any atom is -0.497 e. The number of likely N-dealkylation sites (tertiary alicyclic amines) is 1. The van der Waals surface area contributed by atoms with E-state index < -0.39 is 0 Å². The van der Waals surface area contributed by atoms with Crippen molar-refractivity contribution in [2.45, 2.75) is 51.9 Å². The van der Waals surface area contributed by atoms with Gasteiger partial charge in [0.25, 0.3) is 0 Å². The lowest BCUT2D eigenvalue weighted by molar-refractivity contribution is -0.0149. The van der Waals surface area contributed by atoms with Crippen LogP contribution >= 0.6 is 0 Å². The lowest BCUT2D eigenvalue weighted by Gasteiger charge is -2.20. The molecular formula is C24H32N2O3. The highest BCUT2D eigenvalue weighted by atomic mass is 16.5. The Labute approximate surface area is 174 Å². The topological polar surface area (TPSA) is 50.8 Å². The molecule has 3 rings (SSSR count). The van der Waals surface area contributed by atoms with Crippen molar-refractivity contribution in [3.63, 3.8) is 0 Å². The summed E-state index contributed by atoms with van der Waals surface area (Å²) in [7, 11) is 1.67. The Morgan fingerprint density at radius 1 is 1.14 bits per heavy atom. The zero-order chi connectivity index (χ0) is 20.9. The molecule has 1 atom stereocenters. The summed E-state index contributed by atoms with van der Waals surface area (Å²) in [6.07, 6.45) is 0.985. The molecule has 1 heterocycles. The molecule has 1 N–H and O–H groups in total. The van der Waals surface area contributed by atoms with E-state index >= 15 is 0 Å². The number of carbonyl (C=O) groups excluding carboxylic acids is 1. The van der Waals surface area contributed by atoms with Crippen LogP contribution in [-0.2, 0) is 17.9 Å². The molecule has 0 bridgehead atoms. The van der Waals surface area contributed by atoms with E-state index in [4.69, 9.17) is 9.47 Å². The number of carbonyl (C=O) groups is 1. The van der Waals surface area contributed by atoms with Gasteiger partial charge in [-0.05, 0) is 56.0 Å². The van der Waals surface area contributed by atoms with E-state index in [0.717, 1.165) is 36.4 Å². The molecule has 0 radical (unpaired) electrons. The summed E-state index contributed by atoms with van der Waals surface area (Å²) in [5.74, 6) is 1.24. The van der Waals surface area contributed by atoms with Crippen LogP contribution in [0.2, 0.25) is 0 Å². The second-order valence-electron chi connectivity index (χ2n) is 8.58. The van der Waals surface area contributed by atoms with Crippen LogP contribution in [0.3, 0.4) is 0 Å². The molecule has 1 aliphatic heterocycles. The maximum atomic E-state index is 12.6. The highest BCUT2D eigenvalue weighted by Crippen LogP contribution is 2.28. The van der Waals surface area contributed by atoms with Gasteiger partial charge >= 0.3 is 6.03 Å². The summed E-state index contributed by atoms with van der Waals surface area (Å²) in [5, 5.41) is 3.06. The van der Waals surface area contributed by atoms with Gasteiger partial charge in [-0.2, -0.15) is 0 Å². The molecular weight excluding hydrogens is 364 g/mol. The number of ether oxygens (including phenoxy) is 2. The number of amides is 2. The fourth-order valence-electron chi connectivity index (χ4n) is 3.51. The highest BCUT2D eigenvalue weighted by Gasteiger charge is 2.27. The van der Waals surface area contributed by atoms with E-state index in [-0.39, 0.29) is 11.6 Å². The molecule has 2 aromatic carbocycles. The molecule has 0 saturated carbocycles. The molecule has 2 aromatic rings. The lowest BCUT2D eigenvalue weighted by Crippen LogP contribution is -2.37. The predicted molar refractivity (Wildman–Crippen MR) is 115 cm³/mol. The molecule has 0 aliphatic carbocycles. The number of benzene rings is 2. The molecule has 0 aromatic heterocycles. The number of hydrogen-bond acceptors (Lipinski definition) is 3. The first-order valence-electron chi connectivity index (χ1n) is 10.2. The van der Waals surface area contributed by atoms with Crippen molar-refractivity contribution in [1.82, 2.24) is 10.2 Å². The normalized spacial score (nSPS) is 16.7. The molecule has 1 aliphatic rings. The molecule has 156 valence electrons. The van der Waals surface area contributed by atoms with Crippen LogP contribution in [0.1, 0.15) is 49.8 Å². The Morgan fingerprint density at radius 2 is 1.86 bits per heavy atom. The maximum absolute atomic E-state index is 12.6. The van der Waals surface area contributed by atoms with E-state index in [1.165, 1.54) is 5.56 Å². The number of methoxy groups -OCH3 is 1. The number of hydrogen-bond donors (Lipinski definition) is 1. The van der Waals surface area contributed by atoms with Crippen molar-refractivity contribution in [2.24, 2.45) is 0 Å². The number of urea groups is 1. The smallest absolute Gasteiger partial charge is 0.317 e. The van der Waals surface area contributed by atoms with Crippen molar-refractivity contribution in [3.8, 4) is 5.75 Å². The third kappa shape index (κ3) is 6.23. The van der Waals surface area contributed by atoms with Crippen molar-refractivity contribution < 1.29 is 14.3 Å². The van der Waals surface area contributed by atoms with Crippen LogP contribution in [0.4, 0.5) is 4.79 Å². The van der Waals surface area contributed by atoms with Gasteiger partial charge in [-0.1, -0.05) is 36.4 Å². The van der Waals surface area contributed by atoms with Crippen LogP contribution < -0.4 is 10.1 Å². The van der Waals surface area contributed by atoms with Crippen molar-refractivity contribution in [3.05, 3.63) is 65.2 Å². The average Bonchev–Trinajstić information content (AvgIpc) is 3.21. The van der Waals surface area contributed by atoms with E-state index in [0.29, 0.717) is 19.1 Å². The maximum Gasteiger partial charge on any atom is 0.317 e. The second-order valence-corrected chi connectivity index (χ2v) is 8.58. The number of nitrogens with one attached hydrogen (secondary N) is 1. The van der Waals surface area contributed by atoms with Gasteiger partial charge in [-0.3, -0.25) is 0 Å². The summed E-state index contributed by atoms with van der Waals surface area (Å²) in [6, 6.07) is 16.3. The summed E-state index contributed by atoms with van der Waals surface area (Å²) in [6.45, 7) is 8.76. The fourth-order valence-corrected chi connectivity index (χ4v) is 3.51. The Balaban J connectivity index is 1.49. The largest absolute Gasteiger partial charge is 0.497 e. The van der Waals surface area contributed by atoms with E-state index in [2.05, 4.69) is 29.6 Å². The van der Waals surface area contributed by atoms with Gasteiger partial charge < -0.3 is 19.7 Å². The molecule has 29 heavy (non-hydrogen) atoms. The molecule has 1 saturated heterocycles. The third-order valence-electron chi connectivity index (χ3n) is 5.17. The van der Waals surface area contributed by atoms with Crippen molar-refractivity contribution in [2.75, 3.05) is 20.2 Å². The van der Waals surface area contributed by atoms with Gasteiger partial charge in [-0.15, -0.1) is 0 Å². The van der Waals surface area contributed by atoms with Crippen LogP contribution in [0.15, 0.2) is 48.5 Å². The molecule has 5 nitrogen and oxygen atoms in total. The van der Waals surface area contributed by atoms with E-state index in [9.17, 15) is 4.79 Å². The summed E-state index contributed by atoms with van der Waals surface area (Å²) >= 11 is 0. The van der Waals surface area contributed by atoms with Crippen LogP contribution in [0, 0.1) is 0 Å². The molecule has 5 heteroatoms. The molecule has 1 unspecified atom stereocenters. The standard InChI is InChI=1S/C24H32N2O3/c1-24(2,3)29-17-19-7-5-6-18(14-19)15-25-23(27)26-13-12-21(16-26)20-8-10-22(28-4)11-9-20/h5-11,14,21H,12-13,15-17H2,1-4H3,(H,25,27). The van der Waals surface area contributed by atoms with Crippen LogP contribution in [0.25, 0.3) is 0 Å². The van der Waals surface area contributed by atoms with Gasteiger partial charge in [0.15, 0.2) is 0 Å². The summed E-state index contributed by atoms with van der Waals surface area (Å²) < 4.78 is 11.1. The molecule has 1 fully saturated rings. The van der Waals surface area contributed by atoms with Crippen LogP contribution in [0.5, 0.6) is 5.75 Å². The summed E-state index contributed by atoms with van der Waals surface area (Å²) in [5.41, 5.74) is 3.29. The van der Waals surface area contributed by atoms with Gasteiger partial charge in [0.1, 0.15) is 5.75 Å². The fraction of sp³-hybridized carbons (Fsp3) is 0.458. The Morgan fingerprint density at radius 3 is 2.55 bits per heavy atom. The summed E-state index contributed by atoms with van der Waals surface area (Å²) in [4.78, 5) is 14.5. The quantitative estimate of drug-likeness (QED) is 0.769. The number of nitrogens with zero attached hydrogens (tertiary/aromatic N) is 1. The second kappa shape index (κ2) is 9.31. The molecule has 2 amide bonds. The lowest BCUT2D eigenvalue weighted by atomic mass is 9.98. The van der Waals surface area contributed by atoms with E-state index in [1.807, 2.05) is 49.9 Å². The SMILES string of the molecule is COc1ccc(C2CCN(C(=O)NCc3cccc(COC(C)(C)C)c3)C2)cc1. The van der Waals surface area contributed by atoms with Crippen molar-refractivity contribution >= 4 is 6.03 Å². The average molecular weight is 397 g/mol. The van der Waals surface area contributed by atoms with E-state index in [1.54, 1.807) is 7.11 Å². The zero-order valence-electron chi connectivity index (χ0n) is 17.9. The Hall–Kier alpha value is -2.53. The zero-order valence-corrected chi connectivity index (χ0v) is 17.9. The Bertz CT molecular complexity index is 812. The third-order valence-corrected chi connectivity index (χ3v) is 5.17. The van der Waals surface area contributed by atoms with Crippen LogP contribution in [-0.4, -0.2) is 36.7 Å². The minimum atomic E-state index is -0.166. The first kappa shape index (κ1) is 21.2. The highest BCUT2D eigenvalue weighted by molar-refractivity contribution is 5.74. The monoisotopic (exact) mass is 396 g/mol. The number of rotatable bonds is 6. The first-order valence-corrected chi connectivity index (χ1v) is 10.2. The van der Waals surface area contributed by atoms with Gasteiger partial charge in [0.05, 0.1) is 19.3 Å². The van der Waals surface area contributed by atoms with Gasteiger partial charge in [-0.25, -0.2) is 4.79 Å². The molecule has 0 spiro atoms. The van der Waals surface area contributed by atoms with Crippen molar-refractivity contribution in [1.29, 1.82) is 0 Å². The van der Waals surface area contributed by atoms with Gasteiger partial charge in [0, 0.05) is 25.6 Å².